The topological polar surface area (TPSA) is 47.4 Å². The van der Waals surface area contributed by atoms with Crippen molar-refractivity contribution in [2.75, 3.05) is 11.9 Å². The highest BCUT2D eigenvalue weighted by molar-refractivity contribution is 5.89. The normalized spacial score (nSPS) is 10.7. The number of hydrogen-bond acceptors (Lipinski definition) is 3. The van der Waals surface area contributed by atoms with Crippen LogP contribution in [0, 0.1) is 0 Å². The minimum atomic E-state index is -0.420. The van der Waals surface area contributed by atoms with Gasteiger partial charge in [-0.15, -0.1) is 0 Å². The summed E-state index contributed by atoms with van der Waals surface area (Å²) >= 11 is 0. The summed E-state index contributed by atoms with van der Waals surface area (Å²) < 4.78 is 7.69. The maximum absolute atomic E-state index is 12.4. The van der Waals surface area contributed by atoms with Crippen LogP contribution in [0.25, 0.3) is 10.9 Å². The first-order valence-corrected chi connectivity index (χ1v) is 8.69. The van der Waals surface area contributed by atoms with Crippen LogP contribution in [-0.2, 0) is 6.54 Å². The highest BCUT2D eigenvalue weighted by atomic mass is 16.6. The van der Waals surface area contributed by atoms with Gasteiger partial charge < -0.3 is 9.30 Å². The Morgan fingerprint density at radius 1 is 1.04 bits per heavy atom. The Morgan fingerprint density at radius 3 is 2.59 bits per heavy atom. The van der Waals surface area contributed by atoms with Crippen LogP contribution in [0.4, 0.5) is 10.5 Å². The number of anilines is 1. The number of aromatic nitrogens is 2. The average Bonchev–Trinajstić information content (AvgIpc) is 3.11. The zero-order valence-corrected chi connectivity index (χ0v) is 14.9. The fraction of sp³-hybridized carbons (Fsp3) is 0.0909. The van der Waals surface area contributed by atoms with Crippen molar-refractivity contribution in [2.24, 2.45) is 0 Å². The number of pyridine rings is 1. The molecule has 2 aromatic carbocycles. The van der Waals surface area contributed by atoms with Crippen LogP contribution in [0.15, 0.2) is 85.3 Å². The molecular weight excluding hydrogens is 338 g/mol. The van der Waals surface area contributed by atoms with E-state index in [0.29, 0.717) is 5.75 Å². The molecule has 0 N–H and O–H groups in total. The van der Waals surface area contributed by atoms with Crippen LogP contribution < -0.4 is 9.64 Å². The molecular formula is C22H19N3O2. The van der Waals surface area contributed by atoms with Crippen LogP contribution in [0.1, 0.15) is 5.56 Å². The first-order chi connectivity index (χ1) is 13.2. The van der Waals surface area contributed by atoms with Crippen LogP contribution in [0.2, 0.25) is 0 Å². The number of ether oxygens (including phenoxy) is 1. The molecule has 2 heterocycles. The van der Waals surface area contributed by atoms with Crippen molar-refractivity contribution in [3.05, 3.63) is 90.9 Å². The average molecular weight is 357 g/mol. The van der Waals surface area contributed by atoms with Gasteiger partial charge in [0.05, 0.1) is 0 Å². The van der Waals surface area contributed by atoms with E-state index in [1.54, 1.807) is 19.4 Å². The number of carbonyl (C=O) groups excluding carboxylic acids is 1. The van der Waals surface area contributed by atoms with Crippen molar-refractivity contribution in [3.63, 3.8) is 0 Å². The van der Waals surface area contributed by atoms with Crippen LogP contribution in [0.3, 0.4) is 0 Å². The van der Waals surface area contributed by atoms with E-state index in [1.807, 2.05) is 72.9 Å². The molecule has 4 rings (SSSR count). The van der Waals surface area contributed by atoms with Crippen molar-refractivity contribution in [1.82, 2.24) is 9.55 Å². The van der Waals surface area contributed by atoms with E-state index < -0.39 is 6.09 Å². The molecule has 5 heteroatoms. The van der Waals surface area contributed by atoms with Crippen molar-refractivity contribution in [3.8, 4) is 5.75 Å². The van der Waals surface area contributed by atoms with Crippen molar-refractivity contribution in [1.29, 1.82) is 0 Å². The monoisotopic (exact) mass is 357 g/mol. The highest BCUT2D eigenvalue weighted by Gasteiger charge is 2.13. The van der Waals surface area contributed by atoms with Gasteiger partial charge >= 0.3 is 6.09 Å². The maximum atomic E-state index is 12.4. The molecule has 27 heavy (non-hydrogen) atoms. The van der Waals surface area contributed by atoms with E-state index in [9.17, 15) is 4.79 Å². The number of nitrogens with zero attached hydrogens (tertiary/aromatic N) is 3. The lowest BCUT2D eigenvalue weighted by Gasteiger charge is -2.16. The van der Waals surface area contributed by atoms with Crippen molar-refractivity contribution in [2.45, 2.75) is 6.54 Å². The van der Waals surface area contributed by atoms with Gasteiger partial charge in [0.1, 0.15) is 5.75 Å². The summed E-state index contributed by atoms with van der Waals surface area (Å²) in [6.45, 7) is 0.766. The van der Waals surface area contributed by atoms with Crippen LogP contribution in [0.5, 0.6) is 5.75 Å². The summed E-state index contributed by atoms with van der Waals surface area (Å²) in [5, 5.41) is 1.02. The molecule has 0 aliphatic heterocycles. The summed E-state index contributed by atoms with van der Waals surface area (Å²) in [5.41, 5.74) is 3.05. The Bertz CT molecular complexity index is 1060. The molecule has 0 aliphatic carbocycles. The van der Waals surface area contributed by atoms with E-state index in [0.717, 1.165) is 23.1 Å². The van der Waals surface area contributed by atoms with Gasteiger partial charge in [0, 0.05) is 48.8 Å². The lowest BCUT2D eigenvalue weighted by Crippen LogP contribution is -2.29. The predicted octanol–water partition coefficient (Wildman–Crippen LogP) is 4.72. The third kappa shape index (κ3) is 3.67. The highest BCUT2D eigenvalue weighted by Crippen LogP contribution is 2.24. The molecule has 0 fully saturated rings. The lowest BCUT2D eigenvalue weighted by atomic mass is 10.2. The molecule has 1 amide bonds. The minimum absolute atomic E-state index is 0.420. The van der Waals surface area contributed by atoms with Gasteiger partial charge in [-0.1, -0.05) is 18.2 Å². The molecule has 0 spiro atoms. The summed E-state index contributed by atoms with van der Waals surface area (Å²) in [6, 6.07) is 21.1. The molecule has 0 bridgehead atoms. The Kier molecular flexibility index (Phi) is 4.58. The third-order valence-corrected chi connectivity index (χ3v) is 4.47. The Labute approximate surface area is 157 Å². The van der Waals surface area contributed by atoms with Gasteiger partial charge in [0.2, 0.25) is 0 Å². The largest absolute Gasteiger partial charge is 0.419 e. The third-order valence-electron chi connectivity index (χ3n) is 4.47. The second-order valence-corrected chi connectivity index (χ2v) is 6.28. The molecule has 5 nitrogen and oxygen atoms in total. The second-order valence-electron chi connectivity index (χ2n) is 6.28. The molecule has 0 unspecified atom stereocenters. The van der Waals surface area contributed by atoms with E-state index in [2.05, 4.69) is 9.55 Å². The van der Waals surface area contributed by atoms with Crippen LogP contribution >= 0.6 is 0 Å². The number of para-hydroxylation sites is 1. The number of fused-ring (bicyclic) bond motifs is 1. The number of amides is 1. The fourth-order valence-corrected chi connectivity index (χ4v) is 2.99. The molecule has 0 atom stereocenters. The van der Waals surface area contributed by atoms with E-state index in [-0.39, 0.29) is 0 Å². The summed E-state index contributed by atoms with van der Waals surface area (Å²) in [6.07, 6.45) is 5.20. The van der Waals surface area contributed by atoms with Gasteiger partial charge in [-0.25, -0.2) is 4.79 Å². The SMILES string of the molecule is CN(C(=O)Oc1ccc2c(ccn2Cc2ccncc2)c1)c1ccccc1. The number of hydrogen-bond donors (Lipinski definition) is 0. The first kappa shape index (κ1) is 16.8. The number of rotatable bonds is 4. The fourth-order valence-electron chi connectivity index (χ4n) is 2.99. The van der Waals surface area contributed by atoms with E-state index in [1.165, 1.54) is 10.5 Å². The van der Waals surface area contributed by atoms with E-state index >= 15 is 0 Å². The van der Waals surface area contributed by atoms with Gasteiger partial charge in [-0.2, -0.15) is 0 Å². The quantitative estimate of drug-likeness (QED) is 0.531. The Morgan fingerprint density at radius 2 is 1.81 bits per heavy atom. The van der Waals surface area contributed by atoms with Crippen molar-refractivity contribution >= 4 is 22.7 Å². The number of carbonyl (C=O) groups is 1. The smallest absolute Gasteiger partial charge is 0.410 e. The summed E-state index contributed by atoms with van der Waals surface area (Å²) in [5.74, 6) is 0.525. The van der Waals surface area contributed by atoms with Gasteiger partial charge in [-0.05, 0) is 54.1 Å². The maximum Gasteiger partial charge on any atom is 0.419 e. The lowest BCUT2D eigenvalue weighted by molar-refractivity contribution is 0.209. The molecule has 2 aromatic heterocycles. The first-order valence-electron chi connectivity index (χ1n) is 8.69. The Hall–Kier alpha value is -3.60. The van der Waals surface area contributed by atoms with Gasteiger partial charge in [-0.3, -0.25) is 9.88 Å². The van der Waals surface area contributed by atoms with Gasteiger partial charge in [0.15, 0.2) is 0 Å². The van der Waals surface area contributed by atoms with E-state index in [4.69, 9.17) is 4.74 Å². The molecule has 0 saturated heterocycles. The molecule has 0 aliphatic rings. The molecule has 4 aromatic rings. The predicted molar refractivity (Wildman–Crippen MR) is 106 cm³/mol. The molecule has 134 valence electrons. The van der Waals surface area contributed by atoms with Crippen LogP contribution in [-0.4, -0.2) is 22.7 Å². The molecule has 0 radical (unpaired) electrons. The van der Waals surface area contributed by atoms with Gasteiger partial charge in [0.25, 0.3) is 0 Å². The number of benzene rings is 2. The van der Waals surface area contributed by atoms with Crippen molar-refractivity contribution < 1.29 is 9.53 Å². The minimum Gasteiger partial charge on any atom is -0.410 e. The zero-order valence-electron chi connectivity index (χ0n) is 14.9. The Balaban J connectivity index is 1.51. The zero-order chi connectivity index (χ0) is 18.6. The second kappa shape index (κ2) is 7.33. The molecule has 0 saturated carbocycles. The standard InChI is InChI=1S/C22H19N3O2/c1-24(19-5-3-2-4-6-19)22(26)27-20-7-8-21-18(15-20)11-14-25(21)16-17-9-12-23-13-10-17/h2-15H,16H2,1H3. The summed E-state index contributed by atoms with van der Waals surface area (Å²) in [7, 11) is 1.70. The summed E-state index contributed by atoms with van der Waals surface area (Å²) in [4.78, 5) is 17.9.